The molecule has 0 radical (unpaired) electrons. The third kappa shape index (κ3) is 10.4. The summed E-state index contributed by atoms with van der Waals surface area (Å²) in [5, 5.41) is 19.9. The number of hydrogen-bond acceptors (Lipinski definition) is 8. The molecule has 2 aliphatic rings. The molecule has 0 bridgehead atoms. The first kappa shape index (κ1) is 36.6. The molecule has 0 unspecified atom stereocenters. The summed E-state index contributed by atoms with van der Waals surface area (Å²) in [6.45, 7) is 15.3. The quantitative estimate of drug-likeness (QED) is 0.171. The topological polar surface area (TPSA) is 62.5 Å². The lowest BCUT2D eigenvalue weighted by atomic mass is 9.97. The van der Waals surface area contributed by atoms with Crippen LogP contribution < -0.4 is 0 Å². The molecule has 0 N–H and O–H groups in total. The molecule has 2 saturated heterocycles. The lowest BCUT2D eigenvalue weighted by Gasteiger charge is -2.20. The van der Waals surface area contributed by atoms with Crippen molar-refractivity contribution in [1.29, 1.82) is 5.26 Å². The number of aromatic nitrogens is 2. The minimum atomic E-state index is 0.767. The Labute approximate surface area is 308 Å². The Kier molecular flexibility index (Phi) is 12.8. The lowest BCUT2D eigenvalue weighted by Crippen LogP contribution is -2.28. The highest BCUT2D eigenvalue weighted by Gasteiger charge is 2.15. The van der Waals surface area contributed by atoms with Gasteiger partial charge in [0.05, 0.1) is 11.6 Å². The van der Waals surface area contributed by atoms with Gasteiger partial charge >= 0.3 is 0 Å². The number of rotatable bonds is 7. The molecule has 0 amide bonds. The summed E-state index contributed by atoms with van der Waals surface area (Å²) < 4.78 is 0. The Hall–Kier alpha value is -4.23. The molecule has 7 rings (SSSR count). The maximum Gasteiger partial charge on any atom is 0.147 e. The number of likely N-dealkylation sites (N-methyl/N-ethyl adjacent to an activating group) is 2. The lowest BCUT2D eigenvalue weighted by molar-refractivity contribution is 0.269. The van der Waals surface area contributed by atoms with Crippen LogP contribution in [-0.2, 0) is 13.1 Å². The van der Waals surface area contributed by atoms with Crippen molar-refractivity contribution in [2.45, 2.75) is 39.8 Å². The van der Waals surface area contributed by atoms with E-state index in [9.17, 15) is 5.26 Å². The Morgan fingerprint density at radius 1 is 0.588 bits per heavy atom. The Bertz CT molecular complexity index is 1880. The summed E-state index contributed by atoms with van der Waals surface area (Å²) in [6, 6.07) is 34.7. The van der Waals surface area contributed by atoms with Crippen LogP contribution in [-0.4, -0.2) is 96.3 Å². The first-order valence-electron chi connectivity index (χ1n) is 18.2. The highest BCUT2D eigenvalue weighted by molar-refractivity contribution is 7.14. The fourth-order valence-corrected chi connectivity index (χ4v) is 7.52. The Balaban J connectivity index is 0.000000177. The number of nitriles is 1. The average Bonchev–Trinajstić information content (AvgIpc) is 3.34. The monoisotopic (exact) mass is 697 g/mol. The molecule has 0 saturated carbocycles. The van der Waals surface area contributed by atoms with Gasteiger partial charge in [0.2, 0.25) is 0 Å². The van der Waals surface area contributed by atoms with Crippen molar-refractivity contribution in [3.8, 4) is 38.9 Å². The molecule has 0 spiro atoms. The maximum absolute atomic E-state index is 9.57. The predicted octanol–water partition coefficient (Wildman–Crippen LogP) is 7.99. The molecule has 8 heteroatoms. The van der Waals surface area contributed by atoms with Crippen molar-refractivity contribution in [1.82, 2.24) is 29.8 Å². The summed E-state index contributed by atoms with van der Waals surface area (Å²) in [5.41, 5.74) is 10.4. The van der Waals surface area contributed by atoms with Crippen molar-refractivity contribution >= 4 is 11.3 Å². The minimum Gasteiger partial charge on any atom is -0.305 e. The molecule has 0 aliphatic carbocycles. The second kappa shape index (κ2) is 17.8. The van der Waals surface area contributed by atoms with Gasteiger partial charge in [-0.05, 0) is 106 Å². The molecule has 2 fully saturated rings. The van der Waals surface area contributed by atoms with Crippen molar-refractivity contribution in [2.24, 2.45) is 0 Å². The first-order valence-corrected chi connectivity index (χ1v) is 19.1. The molecule has 5 aromatic rings. The highest BCUT2D eigenvalue weighted by atomic mass is 32.1. The average molecular weight is 698 g/mol. The van der Waals surface area contributed by atoms with Gasteiger partial charge in [-0.25, -0.2) is 0 Å². The molecular weight excluding hydrogens is 647 g/mol. The standard InChI is InChI=1S/C22H26N4S.C21H25N3/c1-17-23-24-22(27-17)21-10-8-20(9-11-21)19-6-4-18(5-7-19)16-26-13-3-12-25(2)14-15-26;1-17-4-7-19(8-5-17)21-9-6-18(14-20(21)15-22)16-24-11-3-10-23(2)12-13-24/h4-11H,3,12-16H2,1-2H3;4-9,14H,3,10-13,16H2,1-2H3. The molecule has 3 heterocycles. The third-order valence-electron chi connectivity index (χ3n) is 9.95. The number of benzene rings is 4. The van der Waals surface area contributed by atoms with Crippen molar-refractivity contribution in [3.05, 3.63) is 118 Å². The van der Waals surface area contributed by atoms with Gasteiger partial charge in [0.15, 0.2) is 0 Å². The van der Waals surface area contributed by atoms with E-state index in [1.54, 1.807) is 11.3 Å². The minimum absolute atomic E-state index is 0.767. The summed E-state index contributed by atoms with van der Waals surface area (Å²) in [6.07, 6.45) is 2.47. The maximum atomic E-state index is 9.57. The van der Waals surface area contributed by atoms with Crippen LogP contribution in [0.2, 0.25) is 0 Å². The SMILES string of the molecule is Cc1ccc(-c2ccc(CN3CCCN(C)CC3)cc2C#N)cc1.Cc1nnc(-c2ccc(-c3ccc(CN4CCCN(C)CC4)cc3)cc2)s1. The van der Waals surface area contributed by atoms with Crippen LogP contribution in [0.25, 0.3) is 32.8 Å². The summed E-state index contributed by atoms with van der Waals surface area (Å²) in [5.74, 6) is 0. The van der Waals surface area contributed by atoms with Crippen LogP contribution in [0, 0.1) is 25.2 Å². The van der Waals surface area contributed by atoms with E-state index < -0.39 is 0 Å². The molecular formula is C43H51N7S. The normalized spacial score (nSPS) is 16.5. The highest BCUT2D eigenvalue weighted by Crippen LogP contribution is 2.28. The summed E-state index contributed by atoms with van der Waals surface area (Å²) in [7, 11) is 4.41. The van der Waals surface area contributed by atoms with Gasteiger partial charge in [0, 0.05) is 44.8 Å². The van der Waals surface area contributed by atoms with E-state index in [4.69, 9.17) is 0 Å². The molecule has 7 nitrogen and oxygen atoms in total. The van der Waals surface area contributed by atoms with E-state index >= 15 is 0 Å². The van der Waals surface area contributed by atoms with Gasteiger partial charge in [-0.2, -0.15) is 5.26 Å². The van der Waals surface area contributed by atoms with Gasteiger partial charge in [0.1, 0.15) is 10.0 Å². The van der Waals surface area contributed by atoms with E-state index in [0.717, 1.165) is 71.5 Å². The van der Waals surface area contributed by atoms with E-state index in [2.05, 4.69) is 148 Å². The van der Waals surface area contributed by atoms with Crippen molar-refractivity contribution in [2.75, 3.05) is 66.5 Å². The molecule has 0 atom stereocenters. The number of hydrogen-bond donors (Lipinski definition) is 0. The third-order valence-corrected chi connectivity index (χ3v) is 10.8. The largest absolute Gasteiger partial charge is 0.305 e. The van der Waals surface area contributed by atoms with E-state index in [1.165, 1.54) is 66.8 Å². The molecule has 51 heavy (non-hydrogen) atoms. The van der Waals surface area contributed by atoms with Crippen LogP contribution in [0.15, 0.2) is 91.0 Å². The fraction of sp³-hybridized carbons (Fsp3) is 0.372. The Morgan fingerprint density at radius 3 is 1.69 bits per heavy atom. The summed E-state index contributed by atoms with van der Waals surface area (Å²) in [4.78, 5) is 9.87. The molecule has 4 aromatic carbocycles. The zero-order valence-corrected chi connectivity index (χ0v) is 31.5. The van der Waals surface area contributed by atoms with Crippen LogP contribution in [0.3, 0.4) is 0 Å². The number of nitrogens with zero attached hydrogens (tertiary/aromatic N) is 7. The van der Waals surface area contributed by atoms with Crippen LogP contribution in [0.1, 0.15) is 40.1 Å². The van der Waals surface area contributed by atoms with E-state index in [-0.39, 0.29) is 0 Å². The van der Waals surface area contributed by atoms with Gasteiger partial charge in [-0.15, -0.1) is 10.2 Å². The molecule has 2 aliphatic heterocycles. The number of aryl methyl sites for hydroxylation is 2. The fourth-order valence-electron chi connectivity index (χ4n) is 6.82. The van der Waals surface area contributed by atoms with E-state index in [1.807, 2.05) is 6.92 Å². The Morgan fingerprint density at radius 2 is 1.12 bits per heavy atom. The van der Waals surface area contributed by atoms with Gasteiger partial charge in [0.25, 0.3) is 0 Å². The van der Waals surface area contributed by atoms with Gasteiger partial charge < -0.3 is 9.80 Å². The van der Waals surface area contributed by atoms with Crippen molar-refractivity contribution in [3.63, 3.8) is 0 Å². The van der Waals surface area contributed by atoms with Crippen LogP contribution in [0.4, 0.5) is 0 Å². The van der Waals surface area contributed by atoms with Crippen molar-refractivity contribution < 1.29 is 0 Å². The smallest absolute Gasteiger partial charge is 0.147 e. The first-order chi connectivity index (χ1) is 24.8. The zero-order valence-electron chi connectivity index (χ0n) is 30.7. The van der Waals surface area contributed by atoms with E-state index in [0.29, 0.717) is 0 Å². The van der Waals surface area contributed by atoms with Crippen LogP contribution in [0.5, 0.6) is 0 Å². The van der Waals surface area contributed by atoms with Gasteiger partial charge in [-0.1, -0.05) is 102 Å². The second-order valence-corrected chi connectivity index (χ2v) is 15.3. The zero-order chi connectivity index (χ0) is 35.6. The second-order valence-electron chi connectivity index (χ2n) is 14.1. The molecule has 264 valence electrons. The van der Waals surface area contributed by atoms with Gasteiger partial charge in [-0.3, -0.25) is 9.80 Å². The molecule has 1 aromatic heterocycles. The predicted molar refractivity (Wildman–Crippen MR) is 212 cm³/mol. The summed E-state index contributed by atoms with van der Waals surface area (Å²) >= 11 is 1.63. The van der Waals surface area contributed by atoms with Crippen LogP contribution >= 0.6 is 11.3 Å².